The summed E-state index contributed by atoms with van der Waals surface area (Å²) in [5, 5.41) is 3.01. The average molecular weight is 506 g/mol. The summed E-state index contributed by atoms with van der Waals surface area (Å²) in [5.74, 6) is 1.94. The first-order valence-electron chi connectivity index (χ1n) is 11.3. The smallest absolute Gasteiger partial charge is 0.251 e. The Bertz CT molecular complexity index is 1240. The molecule has 1 N–H and O–H groups in total. The average Bonchev–Trinajstić information content (AvgIpc) is 3.18. The van der Waals surface area contributed by atoms with Gasteiger partial charge in [0.1, 0.15) is 11.6 Å². The maximum Gasteiger partial charge on any atom is 0.251 e. The van der Waals surface area contributed by atoms with Gasteiger partial charge in [-0.15, -0.1) is 0 Å². The molecule has 0 saturated carbocycles. The molecule has 1 heterocycles. The van der Waals surface area contributed by atoms with Crippen LogP contribution in [-0.2, 0) is 13.0 Å². The molecular formula is C27H28BrN3O2. The highest BCUT2D eigenvalue weighted by Crippen LogP contribution is 2.24. The third-order valence-electron chi connectivity index (χ3n) is 5.70. The lowest BCUT2D eigenvalue weighted by Gasteiger charge is -2.12. The van der Waals surface area contributed by atoms with Gasteiger partial charge in [0.2, 0.25) is 0 Å². The predicted octanol–water partition coefficient (Wildman–Crippen LogP) is 6.00. The van der Waals surface area contributed by atoms with Crippen LogP contribution in [0, 0.1) is 0 Å². The van der Waals surface area contributed by atoms with Crippen molar-refractivity contribution in [3.63, 3.8) is 0 Å². The number of rotatable bonds is 10. The molecule has 4 aromatic rings. The molecule has 5 nitrogen and oxygen atoms in total. The monoisotopic (exact) mass is 505 g/mol. The Kier molecular flexibility index (Phi) is 7.79. The van der Waals surface area contributed by atoms with E-state index >= 15 is 0 Å². The van der Waals surface area contributed by atoms with Crippen molar-refractivity contribution < 1.29 is 9.53 Å². The SMILES string of the molecule is COc1ccccc1Cn1c(CCCCCNC(=O)c2cccc(Br)c2)nc2ccccc21. The normalized spacial score (nSPS) is 11.0. The Morgan fingerprint density at radius 3 is 2.67 bits per heavy atom. The molecule has 0 aliphatic heterocycles. The van der Waals surface area contributed by atoms with E-state index in [2.05, 4.69) is 50.1 Å². The maximum absolute atomic E-state index is 12.3. The molecule has 0 aliphatic rings. The van der Waals surface area contributed by atoms with Gasteiger partial charge in [-0.1, -0.05) is 58.7 Å². The van der Waals surface area contributed by atoms with Crippen LogP contribution in [0.3, 0.4) is 0 Å². The van der Waals surface area contributed by atoms with Crippen molar-refractivity contribution in [1.82, 2.24) is 14.9 Å². The molecule has 0 bridgehead atoms. The van der Waals surface area contributed by atoms with Crippen LogP contribution in [0.2, 0.25) is 0 Å². The molecule has 0 fully saturated rings. The van der Waals surface area contributed by atoms with Crippen LogP contribution < -0.4 is 10.1 Å². The van der Waals surface area contributed by atoms with Gasteiger partial charge in [-0.3, -0.25) is 4.79 Å². The van der Waals surface area contributed by atoms with Crippen molar-refractivity contribution in [2.45, 2.75) is 32.2 Å². The lowest BCUT2D eigenvalue weighted by atomic mass is 10.1. The number of hydrogen-bond acceptors (Lipinski definition) is 3. The number of carbonyl (C=O) groups is 1. The number of carbonyl (C=O) groups excluding carboxylic acids is 1. The Balaban J connectivity index is 1.35. The number of benzene rings is 3. The van der Waals surface area contributed by atoms with Gasteiger partial charge in [-0.25, -0.2) is 4.98 Å². The molecule has 1 amide bonds. The van der Waals surface area contributed by atoms with Crippen molar-refractivity contribution in [3.05, 3.63) is 94.2 Å². The highest BCUT2D eigenvalue weighted by atomic mass is 79.9. The van der Waals surface area contributed by atoms with E-state index < -0.39 is 0 Å². The number of aromatic nitrogens is 2. The minimum atomic E-state index is -0.0325. The second-order valence-corrected chi connectivity index (χ2v) is 8.91. The zero-order chi connectivity index (χ0) is 23.0. The highest BCUT2D eigenvalue weighted by Gasteiger charge is 2.13. The number of amides is 1. The minimum absolute atomic E-state index is 0.0325. The molecule has 0 radical (unpaired) electrons. The Labute approximate surface area is 202 Å². The third-order valence-corrected chi connectivity index (χ3v) is 6.20. The summed E-state index contributed by atoms with van der Waals surface area (Å²) in [5.41, 5.74) is 3.97. The van der Waals surface area contributed by atoms with Crippen LogP contribution in [0.4, 0.5) is 0 Å². The third kappa shape index (κ3) is 5.82. The van der Waals surface area contributed by atoms with Crippen LogP contribution in [0.1, 0.15) is 41.0 Å². The van der Waals surface area contributed by atoms with Crippen molar-refractivity contribution in [3.8, 4) is 5.75 Å². The van der Waals surface area contributed by atoms with E-state index in [-0.39, 0.29) is 5.91 Å². The Morgan fingerprint density at radius 2 is 1.82 bits per heavy atom. The van der Waals surface area contributed by atoms with E-state index in [0.29, 0.717) is 12.1 Å². The summed E-state index contributed by atoms with van der Waals surface area (Å²) in [7, 11) is 1.71. The fourth-order valence-electron chi connectivity index (χ4n) is 4.02. The molecule has 0 spiro atoms. The van der Waals surface area contributed by atoms with Crippen molar-refractivity contribution in [2.24, 2.45) is 0 Å². The number of methoxy groups -OCH3 is 1. The number of imidazole rings is 1. The highest BCUT2D eigenvalue weighted by molar-refractivity contribution is 9.10. The first-order valence-corrected chi connectivity index (χ1v) is 12.0. The zero-order valence-corrected chi connectivity index (χ0v) is 20.3. The number of halogens is 1. The Hall–Kier alpha value is -3.12. The number of unbranched alkanes of at least 4 members (excludes halogenated alkanes) is 2. The number of fused-ring (bicyclic) bond motifs is 1. The van der Waals surface area contributed by atoms with Gasteiger partial charge < -0.3 is 14.6 Å². The largest absolute Gasteiger partial charge is 0.496 e. The molecule has 0 aliphatic carbocycles. The lowest BCUT2D eigenvalue weighted by Crippen LogP contribution is -2.24. The predicted molar refractivity (Wildman–Crippen MR) is 136 cm³/mol. The van der Waals surface area contributed by atoms with Crippen LogP contribution >= 0.6 is 15.9 Å². The summed E-state index contributed by atoms with van der Waals surface area (Å²) < 4.78 is 8.76. The van der Waals surface area contributed by atoms with E-state index in [4.69, 9.17) is 9.72 Å². The molecule has 0 atom stereocenters. The standard InChI is InChI=1S/C27H28BrN3O2/c1-33-25-15-7-4-10-21(25)19-31-24-14-6-5-13-23(24)30-26(31)16-3-2-8-17-29-27(32)20-11-9-12-22(28)18-20/h4-7,9-15,18H,2-3,8,16-17,19H2,1H3,(H,29,32). The van der Waals surface area contributed by atoms with Gasteiger partial charge in [0.15, 0.2) is 0 Å². The molecule has 3 aromatic carbocycles. The van der Waals surface area contributed by atoms with Crippen molar-refractivity contribution >= 4 is 32.9 Å². The van der Waals surface area contributed by atoms with Crippen LogP contribution in [0.15, 0.2) is 77.3 Å². The fraction of sp³-hybridized carbons (Fsp3) is 0.259. The molecular weight excluding hydrogens is 478 g/mol. The molecule has 170 valence electrons. The van der Waals surface area contributed by atoms with Crippen LogP contribution in [0.25, 0.3) is 11.0 Å². The number of aryl methyl sites for hydroxylation is 1. The van der Waals surface area contributed by atoms with Crippen LogP contribution in [0.5, 0.6) is 5.75 Å². The van der Waals surface area contributed by atoms with Crippen molar-refractivity contribution in [1.29, 1.82) is 0 Å². The number of para-hydroxylation sites is 3. The molecule has 0 unspecified atom stereocenters. The molecule has 4 rings (SSSR count). The topological polar surface area (TPSA) is 56.1 Å². The van der Waals surface area contributed by atoms with E-state index in [0.717, 1.165) is 64.9 Å². The first-order chi connectivity index (χ1) is 16.2. The molecule has 33 heavy (non-hydrogen) atoms. The quantitative estimate of drug-likeness (QED) is 0.269. The second kappa shape index (κ2) is 11.1. The van der Waals surface area contributed by atoms with Gasteiger partial charge in [-0.05, 0) is 49.2 Å². The number of nitrogens with one attached hydrogen (secondary N) is 1. The Morgan fingerprint density at radius 1 is 1.00 bits per heavy atom. The number of ether oxygens (including phenoxy) is 1. The van der Waals surface area contributed by atoms with Crippen molar-refractivity contribution in [2.75, 3.05) is 13.7 Å². The second-order valence-electron chi connectivity index (χ2n) is 7.99. The molecule has 0 saturated heterocycles. The van der Waals surface area contributed by atoms with Gasteiger partial charge in [0, 0.05) is 28.6 Å². The summed E-state index contributed by atoms with van der Waals surface area (Å²) in [6.45, 7) is 1.39. The number of nitrogens with zero attached hydrogens (tertiary/aromatic N) is 2. The minimum Gasteiger partial charge on any atom is -0.496 e. The zero-order valence-electron chi connectivity index (χ0n) is 18.8. The van der Waals surface area contributed by atoms with Gasteiger partial charge in [0.05, 0.1) is 24.7 Å². The first kappa shape index (κ1) is 23.1. The van der Waals surface area contributed by atoms with E-state index in [1.165, 1.54) is 0 Å². The van der Waals surface area contributed by atoms with Gasteiger partial charge in [-0.2, -0.15) is 0 Å². The van der Waals surface area contributed by atoms with Crippen LogP contribution in [-0.4, -0.2) is 29.1 Å². The molecule has 1 aromatic heterocycles. The summed E-state index contributed by atoms with van der Waals surface area (Å²) >= 11 is 3.41. The maximum atomic E-state index is 12.3. The van der Waals surface area contributed by atoms with Gasteiger partial charge >= 0.3 is 0 Å². The number of hydrogen-bond donors (Lipinski definition) is 1. The van der Waals surface area contributed by atoms with E-state index in [1.807, 2.05) is 48.5 Å². The molecule has 6 heteroatoms. The lowest BCUT2D eigenvalue weighted by molar-refractivity contribution is 0.0953. The van der Waals surface area contributed by atoms with Gasteiger partial charge in [0.25, 0.3) is 5.91 Å². The fourth-order valence-corrected chi connectivity index (χ4v) is 4.41. The van der Waals surface area contributed by atoms with E-state index in [1.54, 1.807) is 7.11 Å². The van der Waals surface area contributed by atoms with E-state index in [9.17, 15) is 4.79 Å². The summed E-state index contributed by atoms with van der Waals surface area (Å²) in [6, 6.07) is 23.8. The summed E-state index contributed by atoms with van der Waals surface area (Å²) in [6.07, 6.45) is 3.87. The summed E-state index contributed by atoms with van der Waals surface area (Å²) in [4.78, 5) is 17.2.